The lowest BCUT2D eigenvalue weighted by Crippen LogP contribution is -2.29. The van der Waals surface area contributed by atoms with Crippen LogP contribution in [0.2, 0.25) is 0 Å². The number of hydrogen-bond acceptors (Lipinski definition) is 6. The molecule has 0 spiro atoms. The molecule has 26 heavy (non-hydrogen) atoms. The summed E-state index contributed by atoms with van der Waals surface area (Å²) in [6, 6.07) is 8.46. The zero-order chi connectivity index (χ0) is 18.4. The monoisotopic (exact) mass is 350 g/mol. The average Bonchev–Trinajstić information content (AvgIpc) is 3.29. The summed E-state index contributed by atoms with van der Waals surface area (Å²) in [6.07, 6.45) is 1.55. The van der Waals surface area contributed by atoms with Gasteiger partial charge in [-0.1, -0.05) is 11.2 Å². The molecule has 0 aliphatic carbocycles. The summed E-state index contributed by atoms with van der Waals surface area (Å²) in [5.41, 5.74) is 2.25. The van der Waals surface area contributed by atoms with Gasteiger partial charge in [-0.3, -0.25) is 14.5 Å². The molecule has 1 aromatic carbocycles. The van der Waals surface area contributed by atoms with Gasteiger partial charge >= 0.3 is 5.97 Å². The molecule has 130 valence electrons. The molecule has 0 saturated carbocycles. The van der Waals surface area contributed by atoms with Crippen molar-refractivity contribution < 1.29 is 23.6 Å². The highest BCUT2D eigenvalue weighted by molar-refractivity contribution is 6.24. The van der Waals surface area contributed by atoms with Gasteiger partial charge in [0.1, 0.15) is 11.5 Å². The van der Waals surface area contributed by atoms with Crippen molar-refractivity contribution in [2.45, 2.75) is 13.8 Å². The molecule has 0 atom stereocenters. The largest absolute Gasteiger partial charge is 0.457 e. The van der Waals surface area contributed by atoms with Crippen molar-refractivity contribution in [3.8, 4) is 11.3 Å². The number of oxime groups is 1. The van der Waals surface area contributed by atoms with Crippen LogP contribution < -0.4 is 0 Å². The SMILES string of the molecule is CCN1C(=O)c2ccc(-c3ccc(/C=C4\C(=O)ON=C4C)o3)cc2C1=O. The number of hydrogen-bond donors (Lipinski definition) is 0. The van der Waals surface area contributed by atoms with E-state index in [0.717, 1.165) is 0 Å². The Morgan fingerprint density at radius 2 is 1.85 bits per heavy atom. The van der Waals surface area contributed by atoms with E-state index < -0.39 is 5.97 Å². The third-order valence-electron chi connectivity index (χ3n) is 4.36. The third-order valence-corrected chi connectivity index (χ3v) is 4.36. The minimum Gasteiger partial charge on any atom is -0.457 e. The van der Waals surface area contributed by atoms with E-state index in [1.165, 1.54) is 4.90 Å². The summed E-state index contributed by atoms with van der Waals surface area (Å²) < 4.78 is 5.75. The molecule has 0 saturated heterocycles. The molecule has 0 unspecified atom stereocenters. The highest BCUT2D eigenvalue weighted by Gasteiger charge is 2.34. The fraction of sp³-hybridized carbons (Fsp3) is 0.158. The van der Waals surface area contributed by atoms with Gasteiger partial charge in [-0.05, 0) is 44.2 Å². The second-order valence-corrected chi connectivity index (χ2v) is 5.93. The number of fused-ring (bicyclic) bond motifs is 1. The molecule has 2 amide bonds. The molecule has 0 bridgehead atoms. The molecule has 0 fully saturated rings. The van der Waals surface area contributed by atoms with E-state index >= 15 is 0 Å². The summed E-state index contributed by atoms with van der Waals surface area (Å²) >= 11 is 0. The fourth-order valence-electron chi connectivity index (χ4n) is 2.98. The normalized spacial score (nSPS) is 17.8. The lowest BCUT2D eigenvalue weighted by molar-refractivity contribution is -0.136. The van der Waals surface area contributed by atoms with Crippen LogP contribution in [0.15, 0.2) is 45.5 Å². The summed E-state index contributed by atoms with van der Waals surface area (Å²) in [5, 5.41) is 3.61. The van der Waals surface area contributed by atoms with Crippen LogP contribution in [0.1, 0.15) is 40.3 Å². The van der Waals surface area contributed by atoms with Crippen LogP contribution in [0.5, 0.6) is 0 Å². The zero-order valence-electron chi connectivity index (χ0n) is 14.1. The maximum absolute atomic E-state index is 12.3. The van der Waals surface area contributed by atoms with Crippen LogP contribution in [0.25, 0.3) is 17.4 Å². The van der Waals surface area contributed by atoms with Gasteiger partial charge in [0.15, 0.2) is 0 Å². The van der Waals surface area contributed by atoms with E-state index in [1.807, 2.05) is 0 Å². The average molecular weight is 350 g/mol. The Morgan fingerprint density at radius 3 is 2.54 bits per heavy atom. The summed E-state index contributed by atoms with van der Waals surface area (Å²) in [7, 11) is 0. The standard InChI is InChI=1S/C19H14N2O5/c1-3-21-17(22)13-6-4-11(8-15(13)18(21)23)16-7-5-12(25-16)9-14-10(2)20-26-19(14)24/h4-9H,3H2,1-2H3/b14-9-. The van der Waals surface area contributed by atoms with Crippen LogP contribution in [-0.2, 0) is 9.63 Å². The fourth-order valence-corrected chi connectivity index (χ4v) is 2.98. The zero-order valence-corrected chi connectivity index (χ0v) is 14.1. The number of rotatable bonds is 3. The van der Waals surface area contributed by atoms with Gasteiger partial charge in [0.25, 0.3) is 11.8 Å². The van der Waals surface area contributed by atoms with Crippen LogP contribution in [0, 0.1) is 0 Å². The first-order chi connectivity index (χ1) is 12.5. The number of furan rings is 1. The second kappa shape index (κ2) is 5.80. The first kappa shape index (κ1) is 16.0. The highest BCUT2D eigenvalue weighted by atomic mass is 16.7. The van der Waals surface area contributed by atoms with Crippen molar-refractivity contribution in [3.63, 3.8) is 0 Å². The number of benzene rings is 1. The molecular weight excluding hydrogens is 336 g/mol. The molecule has 2 aromatic rings. The summed E-state index contributed by atoms with van der Waals surface area (Å²) in [4.78, 5) is 41.9. The van der Waals surface area contributed by atoms with E-state index in [1.54, 1.807) is 50.3 Å². The van der Waals surface area contributed by atoms with Gasteiger partial charge < -0.3 is 9.25 Å². The van der Waals surface area contributed by atoms with Crippen molar-refractivity contribution in [1.29, 1.82) is 0 Å². The first-order valence-corrected chi connectivity index (χ1v) is 8.08. The number of carbonyl (C=O) groups is 3. The maximum atomic E-state index is 12.3. The summed E-state index contributed by atoms with van der Waals surface area (Å²) in [6.45, 7) is 3.76. The molecule has 2 aliphatic rings. The van der Waals surface area contributed by atoms with Gasteiger partial charge in [-0.25, -0.2) is 4.79 Å². The lowest BCUT2D eigenvalue weighted by atomic mass is 10.0. The molecular formula is C19H14N2O5. The van der Waals surface area contributed by atoms with E-state index in [-0.39, 0.29) is 11.8 Å². The number of nitrogens with zero attached hydrogens (tertiary/aromatic N) is 2. The van der Waals surface area contributed by atoms with Crippen molar-refractivity contribution in [3.05, 3.63) is 52.8 Å². The smallest absolute Gasteiger partial charge is 0.367 e. The van der Waals surface area contributed by atoms with Crippen LogP contribution in [0.4, 0.5) is 0 Å². The lowest BCUT2D eigenvalue weighted by Gasteiger charge is -2.08. The van der Waals surface area contributed by atoms with Crippen molar-refractivity contribution >= 4 is 29.6 Å². The van der Waals surface area contributed by atoms with E-state index in [0.29, 0.717) is 46.0 Å². The van der Waals surface area contributed by atoms with E-state index in [4.69, 9.17) is 4.42 Å². The van der Waals surface area contributed by atoms with Gasteiger partial charge in [-0.15, -0.1) is 0 Å². The molecule has 1 aromatic heterocycles. The molecule has 0 radical (unpaired) electrons. The third kappa shape index (κ3) is 2.36. The number of imide groups is 1. The van der Waals surface area contributed by atoms with Gasteiger partial charge in [0, 0.05) is 12.1 Å². The molecule has 3 heterocycles. The Hall–Kier alpha value is -3.48. The van der Waals surface area contributed by atoms with Crippen molar-refractivity contribution in [1.82, 2.24) is 4.90 Å². The topological polar surface area (TPSA) is 89.2 Å². The predicted molar refractivity (Wildman–Crippen MR) is 92.4 cm³/mol. The number of amides is 2. The summed E-state index contributed by atoms with van der Waals surface area (Å²) in [5.74, 6) is -0.124. The quantitative estimate of drug-likeness (QED) is 0.482. The van der Waals surface area contributed by atoms with Gasteiger partial charge in [0.05, 0.1) is 22.4 Å². The Labute approximate surface area is 148 Å². The van der Waals surface area contributed by atoms with Crippen LogP contribution in [0.3, 0.4) is 0 Å². The Bertz CT molecular complexity index is 1030. The molecule has 2 aliphatic heterocycles. The Kier molecular flexibility index (Phi) is 3.57. The second-order valence-electron chi connectivity index (χ2n) is 5.93. The molecule has 4 rings (SSSR count). The van der Waals surface area contributed by atoms with Crippen LogP contribution >= 0.6 is 0 Å². The Morgan fingerprint density at radius 1 is 1.08 bits per heavy atom. The maximum Gasteiger partial charge on any atom is 0.367 e. The van der Waals surface area contributed by atoms with Gasteiger partial charge in [-0.2, -0.15) is 0 Å². The highest BCUT2D eigenvalue weighted by Crippen LogP contribution is 2.30. The Balaban J connectivity index is 1.68. The van der Waals surface area contributed by atoms with Crippen molar-refractivity contribution in [2.24, 2.45) is 5.16 Å². The minimum absolute atomic E-state index is 0.279. The predicted octanol–water partition coefficient (Wildman–Crippen LogP) is 2.88. The van der Waals surface area contributed by atoms with E-state index in [2.05, 4.69) is 9.99 Å². The van der Waals surface area contributed by atoms with E-state index in [9.17, 15) is 14.4 Å². The molecule has 7 nitrogen and oxygen atoms in total. The molecule has 0 N–H and O–H groups in total. The first-order valence-electron chi connectivity index (χ1n) is 8.08. The van der Waals surface area contributed by atoms with Gasteiger partial charge in [0.2, 0.25) is 0 Å². The number of carbonyl (C=O) groups excluding carboxylic acids is 3. The molecule has 7 heteroatoms. The van der Waals surface area contributed by atoms with Crippen LogP contribution in [-0.4, -0.2) is 34.9 Å². The van der Waals surface area contributed by atoms with Crippen molar-refractivity contribution in [2.75, 3.05) is 6.54 Å². The minimum atomic E-state index is -0.526.